The second-order valence-corrected chi connectivity index (χ2v) is 9.10. The van der Waals surface area contributed by atoms with Crippen molar-refractivity contribution in [3.63, 3.8) is 0 Å². The van der Waals surface area contributed by atoms with Crippen molar-refractivity contribution in [1.29, 1.82) is 0 Å². The van der Waals surface area contributed by atoms with Gasteiger partial charge in [-0.15, -0.1) is 0 Å². The van der Waals surface area contributed by atoms with E-state index in [2.05, 4.69) is 47.1 Å². The van der Waals surface area contributed by atoms with Crippen LogP contribution in [-0.2, 0) is 12.8 Å². The largest absolute Gasteiger partial charge is 0.356 e. The van der Waals surface area contributed by atoms with Gasteiger partial charge in [-0.3, -0.25) is 9.78 Å². The first-order valence-corrected chi connectivity index (χ1v) is 12.0. The number of hydrogen-bond donors (Lipinski definition) is 0. The van der Waals surface area contributed by atoms with Crippen LogP contribution in [-0.4, -0.2) is 51.9 Å². The van der Waals surface area contributed by atoms with Gasteiger partial charge in [-0.05, 0) is 56.7 Å². The lowest BCUT2D eigenvalue weighted by atomic mass is 9.94. The topological polar surface area (TPSA) is 62.2 Å². The van der Waals surface area contributed by atoms with Crippen LogP contribution in [0.5, 0.6) is 0 Å². The van der Waals surface area contributed by atoms with E-state index in [-0.39, 0.29) is 5.91 Å². The van der Waals surface area contributed by atoms with Crippen LogP contribution in [0.15, 0.2) is 54.9 Å². The van der Waals surface area contributed by atoms with E-state index in [0.29, 0.717) is 11.5 Å². The van der Waals surface area contributed by atoms with Gasteiger partial charge >= 0.3 is 0 Å². The fourth-order valence-corrected chi connectivity index (χ4v) is 5.03. The Kier molecular flexibility index (Phi) is 6.33. The lowest BCUT2D eigenvalue weighted by Crippen LogP contribution is -2.38. The van der Waals surface area contributed by atoms with Crippen LogP contribution in [0.3, 0.4) is 0 Å². The van der Waals surface area contributed by atoms with Crippen LogP contribution in [0.25, 0.3) is 0 Å². The second-order valence-electron chi connectivity index (χ2n) is 9.10. The lowest BCUT2D eigenvalue weighted by molar-refractivity contribution is 0.0710. The highest BCUT2D eigenvalue weighted by atomic mass is 16.2. The highest BCUT2D eigenvalue weighted by Gasteiger charge is 2.29. The van der Waals surface area contributed by atoms with Crippen LogP contribution < -0.4 is 4.90 Å². The molecule has 2 aromatic heterocycles. The molecule has 3 aromatic rings. The average molecular weight is 442 g/mol. The van der Waals surface area contributed by atoms with E-state index in [1.807, 2.05) is 17.0 Å². The van der Waals surface area contributed by atoms with E-state index in [1.165, 1.54) is 11.1 Å². The van der Waals surface area contributed by atoms with E-state index in [9.17, 15) is 4.79 Å². The molecular formula is C27H31N5O. The van der Waals surface area contributed by atoms with Gasteiger partial charge < -0.3 is 9.80 Å². The van der Waals surface area contributed by atoms with Gasteiger partial charge in [-0.2, -0.15) is 0 Å². The molecule has 2 aliphatic heterocycles. The highest BCUT2D eigenvalue weighted by Crippen LogP contribution is 2.32. The molecule has 0 atom stereocenters. The third-order valence-electron chi connectivity index (χ3n) is 6.93. The number of rotatable bonds is 5. The minimum atomic E-state index is 0.0659. The molecule has 0 N–H and O–H groups in total. The molecular weight excluding hydrogens is 410 g/mol. The van der Waals surface area contributed by atoms with Crippen molar-refractivity contribution in [2.45, 2.75) is 44.9 Å². The van der Waals surface area contributed by atoms with Gasteiger partial charge in [0.05, 0.1) is 5.56 Å². The summed E-state index contributed by atoms with van der Waals surface area (Å²) in [5.41, 5.74) is 4.45. The van der Waals surface area contributed by atoms with E-state index in [1.54, 1.807) is 12.4 Å². The number of hydrogen-bond acceptors (Lipinski definition) is 5. The number of likely N-dealkylation sites (tertiary alicyclic amines) is 1. The van der Waals surface area contributed by atoms with E-state index >= 15 is 0 Å². The zero-order valence-electron chi connectivity index (χ0n) is 19.3. The summed E-state index contributed by atoms with van der Waals surface area (Å²) < 4.78 is 0. The highest BCUT2D eigenvalue weighted by molar-refractivity contribution is 5.93. The van der Waals surface area contributed by atoms with Crippen LogP contribution in [0.2, 0.25) is 0 Å². The second kappa shape index (κ2) is 9.69. The van der Waals surface area contributed by atoms with Gasteiger partial charge in [0.1, 0.15) is 11.6 Å². The fourth-order valence-electron chi connectivity index (χ4n) is 5.03. The molecule has 5 rings (SSSR count). The number of benzene rings is 1. The Morgan fingerprint density at radius 1 is 1.03 bits per heavy atom. The van der Waals surface area contributed by atoms with E-state index < -0.39 is 0 Å². The molecule has 1 aromatic carbocycles. The maximum atomic E-state index is 12.8. The number of carbonyl (C=O) groups is 1. The molecule has 1 fully saturated rings. The van der Waals surface area contributed by atoms with Crippen molar-refractivity contribution in [2.75, 3.05) is 31.1 Å². The number of nitrogens with zero attached hydrogens (tertiary/aromatic N) is 5. The molecule has 1 saturated heterocycles. The summed E-state index contributed by atoms with van der Waals surface area (Å²) in [6.45, 7) is 5.62. The summed E-state index contributed by atoms with van der Waals surface area (Å²) in [6, 6.07) is 14.3. The molecule has 2 aliphatic rings. The first kappa shape index (κ1) is 21.6. The Morgan fingerprint density at radius 2 is 1.85 bits per heavy atom. The van der Waals surface area contributed by atoms with Crippen molar-refractivity contribution in [2.24, 2.45) is 0 Å². The third kappa shape index (κ3) is 4.75. The normalized spacial score (nSPS) is 16.5. The standard InChI is InChI=1S/C27H31N5O/c1-20-24-10-6-15-31(16-11-21-7-3-2-4-8-21)26(24)30-25(29-20)22-12-17-32(18-13-22)27(33)23-9-5-14-28-19-23/h2-5,7-9,14,19,22H,6,10-13,15-18H2,1H3. The predicted molar refractivity (Wildman–Crippen MR) is 130 cm³/mol. The van der Waals surface area contributed by atoms with Gasteiger partial charge in [0.2, 0.25) is 0 Å². The Bertz CT molecular complexity index is 1090. The molecule has 1 amide bonds. The van der Waals surface area contributed by atoms with Crippen molar-refractivity contribution in [3.05, 3.63) is 83.1 Å². The quantitative estimate of drug-likeness (QED) is 0.594. The van der Waals surface area contributed by atoms with Crippen molar-refractivity contribution < 1.29 is 4.79 Å². The Balaban J connectivity index is 1.29. The number of piperidine rings is 1. The summed E-state index contributed by atoms with van der Waals surface area (Å²) in [4.78, 5) is 31.3. The number of aromatic nitrogens is 3. The van der Waals surface area contributed by atoms with Crippen LogP contribution in [0, 0.1) is 6.92 Å². The fraction of sp³-hybridized carbons (Fsp3) is 0.407. The van der Waals surface area contributed by atoms with Gasteiger partial charge in [0.15, 0.2) is 0 Å². The monoisotopic (exact) mass is 441 g/mol. The molecule has 6 heteroatoms. The molecule has 4 heterocycles. The maximum absolute atomic E-state index is 12.8. The molecule has 0 radical (unpaired) electrons. The Labute approximate surface area is 195 Å². The number of carbonyl (C=O) groups excluding carboxylic acids is 1. The molecule has 0 aliphatic carbocycles. The van der Waals surface area contributed by atoms with Gasteiger partial charge in [-0.25, -0.2) is 9.97 Å². The first-order valence-electron chi connectivity index (χ1n) is 12.0. The maximum Gasteiger partial charge on any atom is 0.255 e. The third-order valence-corrected chi connectivity index (χ3v) is 6.93. The minimum absolute atomic E-state index is 0.0659. The first-order chi connectivity index (χ1) is 16.2. The van der Waals surface area contributed by atoms with Gasteiger partial charge in [0, 0.05) is 55.7 Å². The number of amides is 1. The van der Waals surface area contributed by atoms with E-state index in [0.717, 1.165) is 75.6 Å². The van der Waals surface area contributed by atoms with Gasteiger partial charge in [0.25, 0.3) is 5.91 Å². The van der Waals surface area contributed by atoms with Crippen LogP contribution >= 0.6 is 0 Å². The summed E-state index contributed by atoms with van der Waals surface area (Å²) in [5.74, 6) is 2.45. The molecule has 0 saturated carbocycles. The number of pyridine rings is 1. The van der Waals surface area contributed by atoms with Crippen molar-refractivity contribution in [1.82, 2.24) is 19.9 Å². The van der Waals surface area contributed by atoms with Crippen LogP contribution in [0.1, 0.15) is 58.2 Å². The molecule has 6 nitrogen and oxygen atoms in total. The van der Waals surface area contributed by atoms with Crippen molar-refractivity contribution in [3.8, 4) is 0 Å². The van der Waals surface area contributed by atoms with Crippen molar-refractivity contribution >= 4 is 11.7 Å². The smallest absolute Gasteiger partial charge is 0.255 e. The zero-order valence-corrected chi connectivity index (χ0v) is 19.3. The molecule has 170 valence electrons. The summed E-state index contributed by atoms with van der Waals surface area (Å²) >= 11 is 0. The van der Waals surface area contributed by atoms with E-state index in [4.69, 9.17) is 9.97 Å². The van der Waals surface area contributed by atoms with Crippen LogP contribution in [0.4, 0.5) is 5.82 Å². The minimum Gasteiger partial charge on any atom is -0.356 e. The molecule has 33 heavy (non-hydrogen) atoms. The summed E-state index contributed by atoms with van der Waals surface area (Å²) in [7, 11) is 0. The molecule has 0 bridgehead atoms. The summed E-state index contributed by atoms with van der Waals surface area (Å²) in [5, 5.41) is 0. The number of aryl methyl sites for hydroxylation is 1. The molecule has 0 spiro atoms. The van der Waals surface area contributed by atoms with Gasteiger partial charge in [-0.1, -0.05) is 30.3 Å². The SMILES string of the molecule is Cc1nc(C2CCN(C(=O)c3cccnc3)CC2)nc2c1CCCN2CCc1ccccc1. The lowest BCUT2D eigenvalue weighted by Gasteiger charge is -2.34. The number of anilines is 1. The number of fused-ring (bicyclic) bond motifs is 1. The average Bonchev–Trinajstić information content (AvgIpc) is 2.88. The Morgan fingerprint density at radius 3 is 2.61 bits per heavy atom. The molecule has 0 unspecified atom stereocenters. The zero-order chi connectivity index (χ0) is 22.6. The Hall–Kier alpha value is -3.28. The predicted octanol–water partition coefficient (Wildman–Crippen LogP) is 4.20. The summed E-state index contributed by atoms with van der Waals surface area (Å²) in [6.07, 6.45) is 8.37.